The smallest absolute Gasteiger partial charge is 0.410 e. The Labute approximate surface area is 146 Å². The van der Waals surface area contributed by atoms with Crippen molar-refractivity contribution in [3.63, 3.8) is 0 Å². The minimum atomic E-state index is -0.668. The zero-order valence-corrected chi connectivity index (χ0v) is 15.0. The Balaban J connectivity index is 2.13. The minimum Gasteiger partial charge on any atom is -0.444 e. The molecule has 1 fully saturated rings. The Hall–Kier alpha value is -2.22. The third-order valence-corrected chi connectivity index (χ3v) is 3.76. The van der Waals surface area contributed by atoms with Crippen molar-refractivity contribution < 1.29 is 23.5 Å². The Morgan fingerprint density at radius 2 is 2.08 bits per heavy atom. The Morgan fingerprint density at radius 3 is 2.68 bits per heavy atom. The molecule has 7 nitrogen and oxygen atoms in total. The van der Waals surface area contributed by atoms with Gasteiger partial charge in [-0.2, -0.15) is 0 Å². The molecule has 1 aromatic rings. The van der Waals surface area contributed by atoms with E-state index in [2.05, 4.69) is 4.98 Å². The van der Waals surface area contributed by atoms with E-state index in [1.165, 1.54) is 24.3 Å². The van der Waals surface area contributed by atoms with Crippen molar-refractivity contribution >= 4 is 12.0 Å². The molecule has 1 aliphatic heterocycles. The molecule has 1 saturated heterocycles. The summed E-state index contributed by atoms with van der Waals surface area (Å²) in [5.74, 6) is -1.11. The van der Waals surface area contributed by atoms with Gasteiger partial charge in [0.2, 0.25) is 0 Å². The van der Waals surface area contributed by atoms with Gasteiger partial charge in [-0.15, -0.1) is 0 Å². The lowest BCUT2D eigenvalue weighted by molar-refractivity contribution is -0.00630. The highest BCUT2D eigenvalue weighted by atomic mass is 19.1. The summed E-state index contributed by atoms with van der Waals surface area (Å²) in [6.07, 6.45) is 1.95. The predicted molar refractivity (Wildman–Crippen MR) is 88.7 cm³/mol. The lowest BCUT2D eigenvalue weighted by Gasteiger charge is -2.41. The second-order valence-electron chi connectivity index (χ2n) is 6.89. The van der Waals surface area contributed by atoms with E-state index >= 15 is 0 Å². The molecule has 0 bridgehead atoms. The number of rotatable bonds is 3. The number of pyridine rings is 1. The standard InChI is InChI=1S/C17H24FN3O4/c1-17(2,3)25-16(23)20-7-8-21(12(10-20)11-24-4)15(22)13-5-6-19-9-14(13)18/h5-6,9,12H,7-8,10-11H2,1-4H3. The van der Waals surface area contributed by atoms with Crippen molar-refractivity contribution in [3.05, 3.63) is 29.8 Å². The van der Waals surface area contributed by atoms with Crippen LogP contribution in [0.2, 0.25) is 0 Å². The molecule has 0 saturated carbocycles. The number of amides is 2. The normalized spacial score (nSPS) is 18.2. The first kappa shape index (κ1) is 19.1. The molecule has 0 N–H and O–H groups in total. The lowest BCUT2D eigenvalue weighted by Crippen LogP contribution is -2.58. The van der Waals surface area contributed by atoms with Gasteiger partial charge in [0.1, 0.15) is 5.60 Å². The molecule has 2 heterocycles. The van der Waals surface area contributed by atoms with Crippen LogP contribution in [0.4, 0.5) is 9.18 Å². The Bertz CT molecular complexity index is 633. The van der Waals surface area contributed by atoms with Crippen LogP contribution in [0.1, 0.15) is 31.1 Å². The molecule has 138 valence electrons. The largest absolute Gasteiger partial charge is 0.444 e. The van der Waals surface area contributed by atoms with Crippen molar-refractivity contribution in [2.75, 3.05) is 33.4 Å². The second-order valence-corrected chi connectivity index (χ2v) is 6.89. The van der Waals surface area contributed by atoms with Gasteiger partial charge in [0.25, 0.3) is 5.91 Å². The topological polar surface area (TPSA) is 72.0 Å². The first-order valence-corrected chi connectivity index (χ1v) is 8.10. The van der Waals surface area contributed by atoms with E-state index in [0.717, 1.165) is 6.20 Å². The van der Waals surface area contributed by atoms with Crippen molar-refractivity contribution in [2.45, 2.75) is 32.4 Å². The molecule has 1 atom stereocenters. The summed E-state index contributed by atoms with van der Waals surface area (Å²) in [6.45, 7) is 6.47. The molecule has 0 aliphatic carbocycles. The highest BCUT2D eigenvalue weighted by molar-refractivity contribution is 5.94. The molecule has 1 aliphatic rings. The van der Waals surface area contributed by atoms with Gasteiger partial charge in [0, 0.05) is 32.9 Å². The summed E-state index contributed by atoms with van der Waals surface area (Å²) >= 11 is 0. The van der Waals surface area contributed by atoms with Gasteiger partial charge < -0.3 is 19.3 Å². The van der Waals surface area contributed by atoms with Crippen LogP contribution in [0, 0.1) is 5.82 Å². The van der Waals surface area contributed by atoms with Gasteiger partial charge in [-0.3, -0.25) is 9.78 Å². The monoisotopic (exact) mass is 353 g/mol. The SMILES string of the molecule is COCC1CN(C(=O)OC(C)(C)C)CCN1C(=O)c1ccncc1F. The van der Waals surface area contributed by atoms with Gasteiger partial charge in [-0.25, -0.2) is 9.18 Å². The maximum atomic E-state index is 13.9. The number of aromatic nitrogens is 1. The van der Waals surface area contributed by atoms with Crippen molar-refractivity contribution in [3.8, 4) is 0 Å². The quantitative estimate of drug-likeness (QED) is 0.830. The van der Waals surface area contributed by atoms with Gasteiger partial charge >= 0.3 is 6.09 Å². The summed E-state index contributed by atoms with van der Waals surface area (Å²) in [6, 6.07) is 0.966. The maximum Gasteiger partial charge on any atom is 0.410 e. The third-order valence-electron chi connectivity index (χ3n) is 3.76. The molecule has 0 radical (unpaired) electrons. The fraction of sp³-hybridized carbons (Fsp3) is 0.588. The predicted octanol–water partition coefficient (Wildman–Crippen LogP) is 1.93. The average Bonchev–Trinajstić information content (AvgIpc) is 2.53. The van der Waals surface area contributed by atoms with E-state index in [9.17, 15) is 14.0 Å². The van der Waals surface area contributed by atoms with Crippen LogP contribution >= 0.6 is 0 Å². The number of ether oxygens (including phenoxy) is 2. The fourth-order valence-corrected chi connectivity index (χ4v) is 2.65. The van der Waals surface area contributed by atoms with Gasteiger partial charge in [-0.05, 0) is 26.8 Å². The lowest BCUT2D eigenvalue weighted by atomic mass is 10.1. The summed E-state index contributed by atoms with van der Waals surface area (Å²) in [7, 11) is 1.52. The molecule has 0 aromatic carbocycles. The van der Waals surface area contributed by atoms with Gasteiger partial charge in [-0.1, -0.05) is 0 Å². The molecular formula is C17H24FN3O4. The molecular weight excluding hydrogens is 329 g/mol. The number of methoxy groups -OCH3 is 1. The summed E-state index contributed by atoms with van der Waals surface area (Å²) in [4.78, 5) is 31.7. The molecule has 1 unspecified atom stereocenters. The van der Waals surface area contributed by atoms with Crippen molar-refractivity contribution in [2.24, 2.45) is 0 Å². The van der Waals surface area contributed by atoms with Gasteiger partial charge in [0.15, 0.2) is 5.82 Å². The Kier molecular flexibility index (Phi) is 5.94. The van der Waals surface area contributed by atoms with Crippen molar-refractivity contribution in [1.82, 2.24) is 14.8 Å². The first-order chi connectivity index (χ1) is 11.7. The minimum absolute atomic E-state index is 0.0400. The number of carbonyl (C=O) groups is 2. The maximum absolute atomic E-state index is 13.9. The van der Waals surface area contributed by atoms with E-state index in [-0.39, 0.29) is 31.3 Å². The van der Waals surface area contributed by atoms with Crippen LogP contribution in [0.25, 0.3) is 0 Å². The molecule has 0 spiro atoms. The van der Waals surface area contributed by atoms with E-state index in [4.69, 9.17) is 9.47 Å². The average molecular weight is 353 g/mol. The van der Waals surface area contributed by atoms with Crippen LogP contribution in [0.5, 0.6) is 0 Å². The Morgan fingerprint density at radius 1 is 1.36 bits per heavy atom. The fourth-order valence-electron chi connectivity index (χ4n) is 2.65. The van der Waals surface area contributed by atoms with E-state index in [0.29, 0.717) is 6.54 Å². The highest BCUT2D eigenvalue weighted by Gasteiger charge is 2.35. The van der Waals surface area contributed by atoms with E-state index in [1.807, 2.05) is 0 Å². The molecule has 8 heteroatoms. The number of piperazine rings is 1. The van der Waals surface area contributed by atoms with Gasteiger partial charge in [0.05, 0.1) is 24.4 Å². The highest BCUT2D eigenvalue weighted by Crippen LogP contribution is 2.18. The van der Waals surface area contributed by atoms with E-state index < -0.39 is 23.4 Å². The molecule has 2 amide bonds. The van der Waals surface area contributed by atoms with Crippen LogP contribution in [-0.2, 0) is 9.47 Å². The zero-order valence-electron chi connectivity index (χ0n) is 15.0. The van der Waals surface area contributed by atoms with Crippen LogP contribution in [-0.4, -0.2) is 71.8 Å². The first-order valence-electron chi connectivity index (χ1n) is 8.10. The zero-order chi connectivity index (χ0) is 18.6. The number of hydrogen-bond acceptors (Lipinski definition) is 5. The summed E-state index contributed by atoms with van der Waals surface area (Å²) in [5, 5.41) is 0. The van der Waals surface area contributed by atoms with Crippen LogP contribution in [0.3, 0.4) is 0 Å². The number of nitrogens with zero attached hydrogens (tertiary/aromatic N) is 3. The molecule has 2 rings (SSSR count). The number of carbonyl (C=O) groups excluding carboxylic acids is 2. The van der Waals surface area contributed by atoms with Crippen LogP contribution < -0.4 is 0 Å². The van der Waals surface area contributed by atoms with Crippen LogP contribution in [0.15, 0.2) is 18.5 Å². The van der Waals surface area contributed by atoms with E-state index in [1.54, 1.807) is 25.7 Å². The molecule has 25 heavy (non-hydrogen) atoms. The number of halogens is 1. The number of hydrogen-bond donors (Lipinski definition) is 0. The molecule has 1 aromatic heterocycles. The second kappa shape index (κ2) is 7.77. The third kappa shape index (κ3) is 4.88. The van der Waals surface area contributed by atoms with Crippen molar-refractivity contribution in [1.29, 1.82) is 0 Å². The summed E-state index contributed by atoms with van der Waals surface area (Å²) < 4.78 is 24.4. The summed E-state index contributed by atoms with van der Waals surface area (Å²) in [5.41, 5.74) is -0.636.